The molecule has 4 heteroatoms. The number of rotatable bonds is 3. The van der Waals surface area contributed by atoms with Gasteiger partial charge in [0.25, 0.3) is 0 Å². The van der Waals surface area contributed by atoms with Gasteiger partial charge < -0.3 is 5.32 Å². The highest BCUT2D eigenvalue weighted by atomic mass is 32.1. The summed E-state index contributed by atoms with van der Waals surface area (Å²) in [4.78, 5) is 6.86. The van der Waals surface area contributed by atoms with Crippen LogP contribution in [0.3, 0.4) is 0 Å². The fourth-order valence-corrected chi connectivity index (χ4v) is 2.70. The van der Waals surface area contributed by atoms with E-state index in [2.05, 4.69) is 41.7 Å². The molecule has 0 bridgehead atoms. The molecule has 2 aromatic rings. The summed E-state index contributed by atoms with van der Waals surface area (Å²) in [7, 11) is 0. The lowest BCUT2D eigenvalue weighted by Crippen LogP contribution is -2.03. The highest BCUT2D eigenvalue weighted by molar-refractivity contribution is 7.15. The molecule has 0 saturated heterocycles. The number of thiophene rings is 1. The van der Waals surface area contributed by atoms with Crippen LogP contribution in [0.15, 0.2) is 23.7 Å². The van der Waals surface area contributed by atoms with Gasteiger partial charge in [0.15, 0.2) is 5.13 Å². The number of aryl methyl sites for hydroxylation is 1. The Hall–Kier alpha value is -0.870. The molecular formula is C10H12N2S2. The molecule has 74 valence electrons. The molecule has 0 amide bonds. The average Bonchev–Trinajstić information content (AvgIpc) is 2.75. The Balaban J connectivity index is 2.05. The van der Waals surface area contributed by atoms with Crippen LogP contribution >= 0.6 is 22.7 Å². The van der Waals surface area contributed by atoms with Gasteiger partial charge in [-0.1, -0.05) is 6.07 Å². The third-order valence-electron chi connectivity index (χ3n) is 1.93. The standard InChI is InChI=1S/C10H12N2S2/c1-7-6-11-10(14-7)12-8(2)9-4-3-5-13-9/h3-6,8H,1-2H3,(H,11,12)/t8-/m1/s1. The van der Waals surface area contributed by atoms with Crippen LogP contribution in [-0.2, 0) is 0 Å². The lowest BCUT2D eigenvalue weighted by atomic mass is 10.3. The molecule has 2 aromatic heterocycles. The number of nitrogens with one attached hydrogen (secondary N) is 1. The molecule has 0 aromatic carbocycles. The lowest BCUT2D eigenvalue weighted by molar-refractivity contribution is 0.904. The first-order chi connectivity index (χ1) is 6.75. The van der Waals surface area contributed by atoms with E-state index in [1.807, 2.05) is 6.20 Å². The van der Waals surface area contributed by atoms with E-state index < -0.39 is 0 Å². The molecule has 0 aliphatic rings. The van der Waals surface area contributed by atoms with Crippen molar-refractivity contribution < 1.29 is 0 Å². The first-order valence-corrected chi connectivity index (χ1v) is 6.17. The Morgan fingerprint density at radius 2 is 2.36 bits per heavy atom. The second kappa shape index (κ2) is 4.11. The maximum atomic E-state index is 4.28. The van der Waals surface area contributed by atoms with E-state index in [0.29, 0.717) is 6.04 Å². The van der Waals surface area contributed by atoms with Gasteiger partial charge in [-0.3, -0.25) is 0 Å². The van der Waals surface area contributed by atoms with Crippen molar-refractivity contribution in [3.8, 4) is 0 Å². The van der Waals surface area contributed by atoms with Crippen molar-refractivity contribution in [1.29, 1.82) is 0 Å². The first-order valence-electron chi connectivity index (χ1n) is 4.48. The van der Waals surface area contributed by atoms with Gasteiger partial charge in [0, 0.05) is 16.0 Å². The van der Waals surface area contributed by atoms with E-state index in [-0.39, 0.29) is 0 Å². The van der Waals surface area contributed by atoms with E-state index in [1.54, 1.807) is 22.7 Å². The maximum Gasteiger partial charge on any atom is 0.183 e. The van der Waals surface area contributed by atoms with Crippen molar-refractivity contribution in [1.82, 2.24) is 4.98 Å². The number of aromatic nitrogens is 1. The van der Waals surface area contributed by atoms with Crippen LogP contribution in [0.25, 0.3) is 0 Å². The molecule has 0 aliphatic carbocycles. The molecule has 1 atom stereocenters. The minimum Gasteiger partial charge on any atom is -0.354 e. The highest BCUT2D eigenvalue weighted by Crippen LogP contribution is 2.25. The van der Waals surface area contributed by atoms with Gasteiger partial charge in [-0.05, 0) is 25.3 Å². The second-order valence-corrected chi connectivity index (χ2v) is 5.37. The smallest absolute Gasteiger partial charge is 0.183 e. The van der Waals surface area contributed by atoms with Crippen molar-refractivity contribution >= 4 is 27.8 Å². The van der Waals surface area contributed by atoms with Crippen molar-refractivity contribution in [3.05, 3.63) is 33.5 Å². The van der Waals surface area contributed by atoms with Crippen LogP contribution in [0.5, 0.6) is 0 Å². The predicted octanol–water partition coefficient (Wildman–Crippen LogP) is 3.69. The Labute approximate surface area is 91.6 Å². The predicted molar refractivity (Wildman–Crippen MR) is 63.2 cm³/mol. The molecule has 0 unspecified atom stereocenters. The molecule has 2 heterocycles. The van der Waals surface area contributed by atoms with Crippen molar-refractivity contribution in [2.24, 2.45) is 0 Å². The normalized spacial score (nSPS) is 12.7. The Bertz CT molecular complexity index is 392. The topological polar surface area (TPSA) is 24.9 Å². The zero-order chi connectivity index (χ0) is 9.97. The number of thiazole rings is 1. The van der Waals surface area contributed by atoms with Crippen molar-refractivity contribution in [2.45, 2.75) is 19.9 Å². The number of hydrogen-bond acceptors (Lipinski definition) is 4. The van der Waals surface area contributed by atoms with Gasteiger partial charge in [-0.2, -0.15) is 0 Å². The fourth-order valence-electron chi connectivity index (χ4n) is 1.22. The molecular weight excluding hydrogens is 212 g/mol. The summed E-state index contributed by atoms with van der Waals surface area (Å²) in [5.41, 5.74) is 0. The molecule has 2 rings (SSSR count). The largest absolute Gasteiger partial charge is 0.354 e. The van der Waals surface area contributed by atoms with Crippen LogP contribution in [0.4, 0.5) is 5.13 Å². The van der Waals surface area contributed by atoms with Crippen LogP contribution in [0.2, 0.25) is 0 Å². The number of hydrogen-bond donors (Lipinski definition) is 1. The molecule has 0 saturated carbocycles. The van der Waals surface area contributed by atoms with Gasteiger partial charge in [-0.15, -0.1) is 22.7 Å². The summed E-state index contributed by atoms with van der Waals surface area (Å²) in [5.74, 6) is 0. The molecule has 0 radical (unpaired) electrons. The number of anilines is 1. The minimum absolute atomic E-state index is 0.348. The Morgan fingerprint density at radius 3 is 2.93 bits per heavy atom. The van der Waals surface area contributed by atoms with Crippen LogP contribution < -0.4 is 5.32 Å². The van der Waals surface area contributed by atoms with Crippen LogP contribution in [-0.4, -0.2) is 4.98 Å². The van der Waals surface area contributed by atoms with Crippen LogP contribution in [0, 0.1) is 6.92 Å². The lowest BCUT2D eigenvalue weighted by Gasteiger charge is -2.09. The fraction of sp³-hybridized carbons (Fsp3) is 0.300. The SMILES string of the molecule is Cc1cnc(N[C@H](C)c2cccs2)s1. The Morgan fingerprint density at radius 1 is 1.50 bits per heavy atom. The summed E-state index contributed by atoms with van der Waals surface area (Å²) in [5, 5.41) is 6.48. The molecule has 0 spiro atoms. The van der Waals surface area contributed by atoms with Gasteiger partial charge in [0.05, 0.1) is 6.04 Å². The summed E-state index contributed by atoms with van der Waals surface area (Å²) in [6, 6.07) is 4.56. The maximum absolute atomic E-state index is 4.28. The molecule has 0 aliphatic heterocycles. The zero-order valence-corrected chi connectivity index (χ0v) is 9.78. The van der Waals surface area contributed by atoms with E-state index in [0.717, 1.165) is 5.13 Å². The van der Waals surface area contributed by atoms with Gasteiger partial charge in [0.2, 0.25) is 0 Å². The summed E-state index contributed by atoms with van der Waals surface area (Å²) in [6.07, 6.45) is 1.90. The van der Waals surface area contributed by atoms with E-state index >= 15 is 0 Å². The zero-order valence-electron chi connectivity index (χ0n) is 8.15. The van der Waals surface area contributed by atoms with E-state index in [4.69, 9.17) is 0 Å². The van der Waals surface area contributed by atoms with Crippen molar-refractivity contribution in [2.75, 3.05) is 5.32 Å². The summed E-state index contributed by atoms with van der Waals surface area (Å²) < 4.78 is 0. The van der Waals surface area contributed by atoms with Crippen molar-refractivity contribution in [3.63, 3.8) is 0 Å². The van der Waals surface area contributed by atoms with Gasteiger partial charge >= 0.3 is 0 Å². The van der Waals surface area contributed by atoms with E-state index in [9.17, 15) is 0 Å². The van der Waals surface area contributed by atoms with Gasteiger partial charge in [-0.25, -0.2) is 4.98 Å². The highest BCUT2D eigenvalue weighted by Gasteiger charge is 2.07. The molecule has 0 fully saturated rings. The first kappa shape index (κ1) is 9.68. The third-order valence-corrected chi connectivity index (χ3v) is 3.83. The quantitative estimate of drug-likeness (QED) is 0.860. The number of nitrogens with zero attached hydrogens (tertiary/aromatic N) is 1. The minimum atomic E-state index is 0.348. The summed E-state index contributed by atoms with van der Waals surface area (Å²) >= 11 is 3.47. The summed E-state index contributed by atoms with van der Waals surface area (Å²) in [6.45, 7) is 4.22. The second-order valence-electron chi connectivity index (χ2n) is 3.16. The molecule has 2 nitrogen and oxygen atoms in total. The van der Waals surface area contributed by atoms with E-state index in [1.165, 1.54) is 9.75 Å². The molecule has 14 heavy (non-hydrogen) atoms. The van der Waals surface area contributed by atoms with Gasteiger partial charge in [0.1, 0.15) is 0 Å². The molecule has 1 N–H and O–H groups in total. The third kappa shape index (κ3) is 2.13. The van der Waals surface area contributed by atoms with Crippen LogP contribution in [0.1, 0.15) is 22.7 Å². The average molecular weight is 224 g/mol. The Kier molecular flexibility index (Phi) is 2.84. The monoisotopic (exact) mass is 224 g/mol.